The highest BCUT2D eigenvalue weighted by atomic mass is 16.7. The van der Waals surface area contributed by atoms with Crippen molar-refractivity contribution in [3.63, 3.8) is 0 Å². The number of fused-ring (bicyclic) bond motifs is 5. The minimum absolute atomic E-state index is 0.0176. The topological polar surface area (TPSA) is 101 Å². The van der Waals surface area contributed by atoms with Gasteiger partial charge in [-0.25, -0.2) is 9.59 Å². The number of hydrogen-bond donors (Lipinski definition) is 1. The van der Waals surface area contributed by atoms with E-state index >= 15 is 0 Å². The second-order valence-corrected chi connectivity index (χ2v) is 10.8. The van der Waals surface area contributed by atoms with Crippen LogP contribution in [0.2, 0.25) is 0 Å². The Morgan fingerprint density at radius 3 is 2.71 bits per heavy atom. The van der Waals surface area contributed by atoms with Crippen LogP contribution in [-0.2, 0) is 23.8 Å². The molecule has 0 amide bonds. The molecule has 3 heterocycles. The highest BCUT2D eigenvalue weighted by Crippen LogP contribution is 2.63. The van der Waals surface area contributed by atoms with Crippen LogP contribution in [0, 0.1) is 23.7 Å². The molecule has 8 nitrogen and oxygen atoms in total. The van der Waals surface area contributed by atoms with Gasteiger partial charge >= 0.3 is 11.9 Å². The maximum absolute atomic E-state index is 13.1. The van der Waals surface area contributed by atoms with E-state index < -0.39 is 42.0 Å². The Morgan fingerprint density at radius 1 is 1.20 bits per heavy atom. The van der Waals surface area contributed by atoms with Gasteiger partial charge in [0.05, 0.1) is 0 Å². The van der Waals surface area contributed by atoms with E-state index in [9.17, 15) is 14.7 Å². The average molecular weight is 487 g/mol. The summed E-state index contributed by atoms with van der Waals surface area (Å²) < 4.78 is 29.5. The van der Waals surface area contributed by atoms with Gasteiger partial charge in [0.25, 0.3) is 0 Å². The van der Waals surface area contributed by atoms with Crippen molar-refractivity contribution in [3.05, 3.63) is 29.8 Å². The molecule has 0 aromatic heterocycles. The summed E-state index contributed by atoms with van der Waals surface area (Å²) in [7, 11) is 0. The maximum Gasteiger partial charge on any atom is 0.332 e. The third-order valence-corrected chi connectivity index (χ3v) is 8.61. The van der Waals surface area contributed by atoms with Gasteiger partial charge in [-0.15, -0.1) is 0 Å². The van der Waals surface area contributed by atoms with Gasteiger partial charge in [0.15, 0.2) is 11.5 Å². The lowest BCUT2D eigenvalue weighted by atomic mass is 9.69. The van der Waals surface area contributed by atoms with Crippen LogP contribution >= 0.6 is 0 Å². The minimum atomic E-state index is -0.781. The SMILES string of the molecule is CC(C)[C@@]12C[C@@H](OC(=O)CO)[C@@](C)(O1)[C@@H]1CC[C@@H](C)[C@H]1[C@@H]2OC(=O)/C=C/c1ccc2c(c1)OCO2. The summed E-state index contributed by atoms with van der Waals surface area (Å²) in [4.78, 5) is 25.1. The molecule has 35 heavy (non-hydrogen) atoms. The smallest absolute Gasteiger partial charge is 0.332 e. The Bertz CT molecular complexity index is 1030. The molecule has 2 bridgehead atoms. The first kappa shape index (κ1) is 24.1. The standard InChI is InChI=1S/C27H34O8/c1-15(2)27-12-21(33-23(30)13-28)26(4,35-27)18-8-5-16(3)24(18)25(27)34-22(29)10-7-17-6-9-19-20(11-17)32-14-31-19/h6-7,9-11,15-16,18,21,24-25,28H,5,8,12-14H2,1-4H3/b10-7+/t16-,18-,21-,24-,25+,26+,27-/m1/s1. The second-order valence-electron chi connectivity index (χ2n) is 10.8. The van der Waals surface area contributed by atoms with Crippen molar-refractivity contribution in [1.29, 1.82) is 0 Å². The highest BCUT2D eigenvalue weighted by molar-refractivity contribution is 5.87. The van der Waals surface area contributed by atoms with Gasteiger partial charge in [-0.3, -0.25) is 0 Å². The number of carbonyl (C=O) groups excluding carboxylic acids is 2. The Morgan fingerprint density at radius 2 is 1.97 bits per heavy atom. The lowest BCUT2D eigenvalue weighted by Crippen LogP contribution is -2.62. The molecule has 1 aliphatic carbocycles. The second kappa shape index (κ2) is 8.82. The Labute approximate surface area is 205 Å². The van der Waals surface area contributed by atoms with Gasteiger partial charge in [-0.05, 0) is 61.3 Å². The van der Waals surface area contributed by atoms with Crippen LogP contribution in [0.5, 0.6) is 11.5 Å². The fourth-order valence-electron chi connectivity index (χ4n) is 6.79. The van der Waals surface area contributed by atoms with Crippen LogP contribution in [0.3, 0.4) is 0 Å². The van der Waals surface area contributed by atoms with E-state index in [-0.39, 0.29) is 24.5 Å². The van der Waals surface area contributed by atoms with Crippen molar-refractivity contribution in [2.24, 2.45) is 23.7 Å². The third-order valence-electron chi connectivity index (χ3n) is 8.61. The molecule has 2 saturated heterocycles. The molecule has 1 N–H and O–H groups in total. The summed E-state index contributed by atoms with van der Waals surface area (Å²) in [5.41, 5.74) is -0.659. The lowest BCUT2D eigenvalue weighted by molar-refractivity contribution is -0.264. The van der Waals surface area contributed by atoms with Crippen LogP contribution in [-0.4, -0.2) is 53.9 Å². The fourth-order valence-corrected chi connectivity index (χ4v) is 6.79. The summed E-state index contributed by atoms with van der Waals surface area (Å²) in [5.74, 6) is 0.771. The molecule has 5 rings (SSSR count). The van der Waals surface area contributed by atoms with Crippen molar-refractivity contribution in [2.45, 2.75) is 70.4 Å². The van der Waals surface area contributed by atoms with E-state index in [1.807, 2.05) is 25.1 Å². The van der Waals surface area contributed by atoms with E-state index in [0.717, 1.165) is 18.4 Å². The third kappa shape index (κ3) is 3.91. The molecule has 190 valence electrons. The number of ether oxygens (including phenoxy) is 5. The van der Waals surface area contributed by atoms with Gasteiger partial charge in [-0.2, -0.15) is 0 Å². The van der Waals surface area contributed by atoms with E-state index in [1.165, 1.54) is 6.08 Å². The number of rotatable bonds is 6. The molecule has 0 spiro atoms. The number of esters is 2. The molecule has 3 aliphatic heterocycles. The largest absolute Gasteiger partial charge is 0.457 e. The van der Waals surface area contributed by atoms with E-state index in [2.05, 4.69) is 20.8 Å². The molecular formula is C27H34O8. The molecule has 7 atom stereocenters. The zero-order valence-corrected chi connectivity index (χ0v) is 20.7. The summed E-state index contributed by atoms with van der Waals surface area (Å²) in [5, 5.41) is 9.29. The summed E-state index contributed by atoms with van der Waals surface area (Å²) in [6.07, 6.45) is 4.49. The zero-order chi connectivity index (χ0) is 25.0. The van der Waals surface area contributed by atoms with Crippen LogP contribution < -0.4 is 9.47 Å². The predicted molar refractivity (Wildman–Crippen MR) is 125 cm³/mol. The summed E-state index contributed by atoms with van der Waals surface area (Å²) in [6, 6.07) is 5.49. The van der Waals surface area contributed by atoms with Crippen molar-refractivity contribution in [1.82, 2.24) is 0 Å². The van der Waals surface area contributed by atoms with E-state index in [1.54, 1.807) is 6.08 Å². The molecule has 8 heteroatoms. The first-order valence-corrected chi connectivity index (χ1v) is 12.5. The monoisotopic (exact) mass is 486 g/mol. The van der Waals surface area contributed by atoms with Gasteiger partial charge in [-0.1, -0.05) is 26.8 Å². The first-order valence-electron chi connectivity index (χ1n) is 12.5. The molecule has 4 aliphatic rings. The quantitative estimate of drug-likeness (QED) is 0.482. The van der Waals surface area contributed by atoms with E-state index in [0.29, 0.717) is 23.8 Å². The number of aliphatic hydroxyl groups is 1. The fraction of sp³-hybridized carbons (Fsp3) is 0.630. The highest BCUT2D eigenvalue weighted by Gasteiger charge is 2.72. The lowest BCUT2D eigenvalue weighted by Gasteiger charge is -2.52. The summed E-state index contributed by atoms with van der Waals surface area (Å²) >= 11 is 0. The first-order chi connectivity index (χ1) is 16.7. The predicted octanol–water partition coefficient (Wildman–Crippen LogP) is 3.49. The molecule has 1 aromatic rings. The van der Waals surface area contributed by atoms with Gasteiger partial charge in [0.1, 0.15) is 30.0 Å². The van der Waals surface area contributed by atoms with Gasteiger partial charge < -0.3 is 28.8 Å². The summed E-state index contributed by atoms with van der Waals surface area (Å²) in [6.45, 7) is 7.84. The van der Waals surface area contributed by atoms with Crippen molar-refractivity contribution >= 4 is 18.0 Å². The maximum atomic E-state index is 13.1. The van der Waals surface area contributed by atoms with Gasteiger partial charge in [0, 0.05) is 18.4 Å². The molecule has 3 fully saturated rings. The molecule has 0 radical (unpaired) electrons. The van der Waals surface area contributed by atoms with Crippen LogP contribution in [0.1, 0.15) is 52.5 Å². The molecular weight excluding hydrogens is 452 g/mol. The number of carbonyl (C=O) groups is 2. The van der Waals surface area contributed by atoms with Crippen LogP contribution in [0.4, 0.5) is 0 Å². The molecule has 1 saturated carbocycles. The van der Waals surface area contributed by atoms with Gasteiger partial charge in [0.2, 0.25) is 6.79 Å². The average Bonchev–Trinajstić information content (AvgIpc) is 3.51. The van der Waals surface area contributed by atoms with Crippen molar-refractivity contribution in [3.8, 4) is 11.5 Å². The number of benzene rings is 1. The van der Waals surface area contributed by atoms with E-state index in [4.69, 9.17) is 23.7 Å². The Balaban J connectivity index is 1.42. The minimum Gasteiger partial charge on any atom is -0.457 e. The molecule has 0 unspecified atom stereocenters. The Hall–Kier alpha value is -2.58. The van der Waals surface area contributed by atoms with Crippen molar-refractivity contribution < 1.29 is 38.4 Å². The molecule has 1 aromatic carbocycles. The number of aliphatic hydroxyl groups excluding tert-OH is 1. The number of hydrogen-bond acceptors (Lipinski definition) is 8. The normalized spacial score (nSPS) is 37.0. The zero-order valence-electron chi connectivity index (χ0n) is 20.7. The van der Waals surface area contributed by atoms with Crippen LogP contribution in [0.25, 0.3) is 6.08 Å². The van der Waals surface area contributed by atoms with Crippen LogP contribution in [0.15, 0.2) is 24.3 Å². The Kier molecular flexibility index (Phi) is 6.08. The van der Waals surface area contributed by atoms with Crippen molar-refractivity contribution in [2.75, 3.05) is 13.4 Å².